The number of amides is 1. The van der Waals surface area contributed by atoms with Crippen molar-refractivity contribution in [2.45, 2.75) is 44.6 Å². The molecule has 194 valence electrons. The third-order valence-corrected chi connectivity index (χ3v) is 7.74. The molecule has 1 fully saturated rings. The molecular weight excluding hydrogens is 552 g/mol. The normalized spacial score (nSPS) is 15.3. The summed E-state index contributed by atoms with van der Waals surface area (Å²) in [6, 6.07) is 13.7. The maximum Gasteiger partial charge on any atom is 0.511 e. The molecule has 38 heavy (non-hydrogen) atoms. The van der Waals surface area contributed by atoms with Crippen LogP contribution in [0.4, 0.5) is 10.8 Å². The van der Waals surface area contributed by atoms with E-state index in [0.717, 1.165) is 46.1 Å². The van der Waals surface area contributed by atoms with E-state index >= 15 is 0 Å². The largest absolute Gasteiger partial charge is 0.511 e. The lowest BCUT2D eigenvalue weighted by Gasteiger charge is -2.24. The quantitative estimate of drug-likeness (QED) is 0.154. The first-order valence-electron chi connectivity index (χ1n) is 12.6. The Morgan fingerprint density at radius 3 is 2.74 bits per heavy atom. The maximum absolute atomic E-state index is 11.8. The first kappa shape index (κ1) is 24.4. The number of allylic oxidation sites excluding steroid dienone is 1. The van der Waals surface area contributed by atoms with E-state index in [9.17, 15) is 14.7 Å². The minimum absolute atomic E-state index is 0.0282. The summed E-state index contributed by atoms with van der Waals surface area (Å²) in [7, 11) is 0. The topological polar surface area (TPSA) is 119 Å². The van der Waals surface area contributed by atoms with Crippen molar-refractivity contribution < 1.29 is 23.8 Å². The van der Waals surface area contributed by atoms with Gasteiger partial charge in [-0.25, -0.2) is 4.79 Å². The third-order valence-electron chi connectivity index (χ3n) is 7.24. The van der Waals surface area contributed by atoms with Crippen molar-refractivity contribution in [2.75, 3.05) is 10.6 Å². The van der Waals surface area contributed by atoms with Crippen molar-refractivity contribution in [2.24, 2.45) is 0 Å². The van der Waals surface area contributed by atoms with Crippen LogP contribution in [0.25, 0.3) is 33.8 Å². The third kappa shape index (κ3) is 4.49. The van der Waals surface area contributed by atoms with E-state index in [2.05, 4.69) is 48.1 Å². The number of carbonyl (C=O) groups is 2. The predicted molar refractivity (Wildman–Crippen MR) is 146 cm³/mol. The molecule has 3 heterocycles. The Labute approximate surface area is 226 Å². The van der Waals surface area contributed by atoms with Crippen LogP contribution in [0.1, 0.15) is 55.0 Å². The van der Waals surface area contributed by atoms with Crippen LogP contribution in [0.2, 0.25) is 0 Å². The molecule has 2 aliphatic rings. The van der Waals surface area contributed by atoms with E-state index in [1.807, 2.05) is 24.3 Å². The molecule has 0 atom stereocenters. The molecule has 0 bridgehead atoms. The fourth-order valence-corrected chi connectivity index (χ4v) is 5.85. The highest BCUT2D eigenvalue weighted by molar-refractivity contribution is 9.09. The van der Waals surface area contributed by atoms with Crippen molar-refractivity contribution in [1.82, 2.24) is 14.8 Å². The molecule has 2 N–H and O–H groups in total. The predicted octanol–water partition coefficient (Wildman–Crippen LogP) is 6.68. The fraction of sp³-hybridized carbons (Fsp3) is 0.286. The molecule has 0 unspecified atom stereocenters. The highest BCUT2D eigenvalue weighted by atomic mass is 79.9. The molecule has 0 radical (unpaired) electrons. The highest BCUT2D eigenvalue weighted by Crippen LogP contribution is 2.47. The molecule has 1 aliphatic carbocycles. The summed E-state index contributed by atoms with van der Waals surface area (Å²) in [6.45, 7) is 0.414. The average molecular weight is 577 g/mol. The summed E-state index contributed by atoms with van der Waals surface area (Å²) in [5.41, 5.74) is 6.18. The van der Waals surface area contributed by atoms with E-state index in [0.29, 0.717) is 18.4 Å². The van der Waals surface area contributed by atoms with Crippen LogP contribution in [-0.2, 0) is 11.3 Å². The number of nitrogens with zero attached hydrogens (tertiary/aromatic N) is 3. The lowest BCUT2D eigenvalue weighted by atomic mass is 9.81. The first-order valence-corrected chi connectivity index (χ1v) is 13.7. The second-order valence-electron chi connectivity index (χ2n) is 9.58. The van der Waals surface area contributed by atoms with E-state index in [1.54, 1.807) is 12.1 Å². The maximum atomic E-state index is 11.8. The Kier molecular flexibility index (Phi) is 6.49. The zero-order valence-electron chi connectivity index (χ0n) is 20.4. The first-order chi connectivity index (χ1) is 18.5. The molecule has 0 spiro atoms. The molecule has 1 saturated carbocycles. The van der Waals surface area contributed by atoms with Gasteiger partial charge in [-0.3, -0.25) is 10.1 Å². The van der Waals surface area contributed by atoms with Gasteiger partial charge in [0.1, 0.15) is 5.75 Å². The molecule has 1 amide bonds. The Hall–Kier alpha value is -3.92. The lowest BCUT2D eigenvalue weighted by molar-refractivity contribution is -0.113. The number of carboxylic acid groups (broad SMARTS) is 1. The number of hydrogen-bond donors (Lipinski definition) is 2. The standard InChI is InChI=1S/C28H25BrN4O5/c29-14-23(34)30-27-32-31-26(38-27)18-12-17-8-4-5-9-20(17)25-24(16-6-2-1-3-7-16)21-11-10-19(37-28(35)36)13-22(21)33(25)15-18/h4-5,8-13,16H,1-3,6-7,14-15H2,(H,35,36)(H,30,32,34). The van der Waals surface area contributed by atoms with Gasteiger partial charge in [0.15, 0.2) is 0 Å². The van der Waals surface area contributed by atoms with Crippen molar-refractivity contribution in [3.8, 4) is 17.0 Å². The monoisotopic (exact) mass is 576 g/mol. The van der Waals surface area contributed by atoms with Gasteiger partial charge in [-0.15, -0.1) is 5.10 Å². The zero-order valence-corrected chi connectivity index (χ0v) is 22.0. The number of anilines is 1. The number of ether oxygens (including phenoxy) is 1. The molecule has 2 aromatic heterocycles. The highest BCUT2D eigenvalue weighted by Gasteiger charge is 2.30. The number of benzene rings is 2. The zero-order chi connectivity index (χ0) is 26.2. The second kappa shape index (κ2) is 10.1. The lowest BCUT2D eigenvalue weighted by Crippen LogP contribution is -2.12. The Morgan fingerprint density at radius 1 is 1.13 bits per heavy atom. The van der Waals surface area contributed by atoms with Crippen LogP contribution >= 0.6 is 15.9 Å². The molecular formula is C28H25BrN4O5. The summed E-state index contributed by atoms with van der Waals surface area (Å²) in [4.78, 5) is 23.1. The van der Waals surface area contributed by atoms with Gasteiger partial charge in [-0.1, -0.05) is 64.6 Å². The Morgan fingerprint density at radius 2 is 1.95 bits per heavy atom. The van der Waals surface area contributed by atoms with Gasteiger partial charge in [0.05, 0.1) is 23.1 Å². The van der Waals surface area contributed by atoms with Crippen molar-refractivity contribution >= 4 is 56.6 Å². The molecule has 2 aromatic carbocycles. The fourth-order valence-electron chi connectivity index (χ4n) is 5.71. The van der Waals surface area contributed by atoms with E-state index < -0.39 is 6.16 Å². The molecule has 6 rings (SSSR count). The van der Waals surface area contributed by atoms with Crippen molar-refractivity contribution in [3.05, 3.63) is 59.5 Å². The van der Waals surface area contributed by atoms with E-state index in [-0.39, 0.29) is 23.0 Å². The van der Waals surface area contributed by atoms with Crippen LogP contribution < -0.4 is 10.1 Å². The number of nitrogens with one attached hydrogen (secondary N) is 1. The van der Waals surface area contributed by atoms with Gasteiger partial charge in [0, 0.05) is 22.6 Å². The molecule has 0 saturated heterocycles. The van der Waals surface area contributed by atoms with Crippen molar-refractivity contribution in [1.29, 1.82) is 0 Å². The summed E-state index contributed by atoms with van der Waals surface area (Å²) in [5.74, 6) is 0.678. The Bertz CT molecular complexity index is 1580. The van der Waals surface area contributed by atoms with Crippen LogP contribution in [0.5, 0.6) is 5.75 Å². The minimum Gasteiger partial charge on any atom is -0.449 e. The summed E-state index contributed by atoms with van der Waals surface area (Å²) < 4.78 is 13.1. The molecule has 10 heteroatoms. The van der Waals surface area contributed by atoms with Crippen LogP contribution in [-0.4, -0.2) is 37.3 Å². The molecule has 1 aliphatic heterocycles. The SMILES string of the molecule is O=C(CBr)Nc1nnc(C2=Cc3ccccc3-c3c(C4CCCCC4)c4ccc(OC(=O)O)cc4n3C2)o1. The number of rotatable bonds is 5. The second-order valence-corrected chi connectivity index (χ2v) is 10.1. The van der Waals surface area contributed by atoms with Gasteiger partial charge in [-0.2, -0.15) is 0 Å². The average Bonchev–Trinajstić information content (AvgIpc) is 3.46. The van der Waals surface area contributed by atoms with Crippen LogP contribution in [0.3, 0.4) is 0 Å². The van der Waals surface area contributed by atoms with Crippen LogP contribution in [0, 0.1) is 0 Å². The van der Waals surface area contributed by atoms with Crippen molar-refractivity contribution in [3.63, 3.8) is 0 Å². The molecule has 4 aromatic rings. The number of fused-ring (bicyclic) bond motifs is 5. The van der Waals surface area contributed by atoms with Crippen LogP contribution in [0.15, 0.2) is 46.9 Å². The van der Waals surface area contributed by atoms with E-state index in [1.165, 1.54) is 24.8 Å². The number of aromatic nitrogens is 3. The van der Waals surface area contributed by atoms with Gasteiger partial charge in [-0.05, 0) is 48.1 Å². The minimum atomic E-state index is -1.35. The van der Waals surface area contributed by atoms with Gasteiger partial charge < -0.3 is 18.8 Å². The molecule has 9 nitrogen and oxygen atoms in total. The van der Waals surface area contributed by atoms with Gasteiger partial charge in [0.2, 0.25) is 11.8 Å². The number of carbonyl (C=O) groups excluding carboxylic acids is 1. The summed E-state index contributed by atoms with van der Waals surface area (Å²) in [5, 5.41) is 21.2. The number of hydrogen-bond acceptors (Lipinski definition) is 6. The number of halogens is 1. The van der Waals surface area contributed by atoms with Gasteiger partial charge >= 0.3 is 12.2 Å². The number of alkyl halides is 1. The summed E-state index contributed by atoms with van der Waals surface area (Å²) in [6.07, 6.45) is 6.54. The summed E-state index contributed by atoms with van der Waals surface area (Å²) >= 11 is 3.12. The Balaban J connectivity index is 1.56. The van der Waals surface area contributed by atoms with Gasteiger partial charge in [0.25, 0.3) is 0 Å². The smallest absolute Gasteiger partial charge is 0.449 e. The van der Waals surface area contributed by atoms with E-state index in [4.69, 9.17) is 9.15 Å².